The van der Waals surface area contributed by atoms with Gasteiger partial charge in [0.25, 0.3) is 0 Å². The van der Waals surface area contributed by atoms with Gasteiger partial charge in [-0.2, -0.15) is 0 Å². The van der Waals surface area contributed by atoms with Gasteiger partial charge in [0.15, 0.2) is 0 Å². The highest BCUT2D eigenvalue weighted by Crippen LogP contribution is 2.44. The molecular formula is C32H37N3O5. The normalized spacial score (nSPS) is 13.7. The first-order valence-corrected chi connectivity index (χ1v) is 13.7. The van der Waals surface area contributed by atoms with Crippen LogP contribution in [0.25, 0.3) is 11.1 Å². The Morgan fingerprint density at radius 3 is 2.08 bits per heavy atom. The van der Waals surface area contributed by atoms with E-state index < -0.39 is 30.1 Å². The Bertz CT molecular complexity index is 1270. The third kappa shape index (κ3) is 7.27. The molecule has 8 heteroatoms. The molecule has 1 unspecified atom stereocenters. The van der Waals surface area contributed by atoms with Crippen LogP contribution >= 0.6 is 0 Å². The molecule has 0 saturated carbocycles. The van der Waals surface area contributed by atoms with Crippen molar-refractivity contribution < 1.29 is 24.2 Å². The number of unbranched alkanes of at least 4 members (excludes halogenated alkanes) is 1. The molecule has 2 atom stereocenters. The van der Waals surface area contributed by atoms with E-state index in [-0.39, 0.29) is 19.1 Å². The molecule has 3 aromatic carbocycles. The maximum Gasteiger partial charge on any atom is 0.407 e. The Labute approximate surface area is 235 Å². The van der Waals surface area contributed by atoms with Crippen molar-refractivity contribution in [1.29, 1.82) is 0 Å². The number of hydrogen-bond donors (Lipinski definition) is 3. The Morgan fingerprint density at radius 2 is 1.48 bits per heavy atom. The fourth-order valence-corrected chi connectivity index (χ4v) is 5.19. The second-order valence-corrected chi connectivity index (χ2v) is 10.2. The molecule has 0 bridgehead atoms. The van der Waals surface area contributed by atoms with Gasteiger partial charge in [-0.05, 0) is 41.3 Å². The summed E-state index contributed by atoms with van der Waals surface area (Å²) in [5.74, 6) is -1.77. The number of amides is 2. The van der Waals surface area contributed by atoms with Crippen molar-refractivity contribution in [3.05, 3.63) is 95.6 Å². The molecule has 0 aromatic heterocycles. The first-order valence-electron chi connectivity index (χ1n) is 13.7. The van der Waals surface area contributed by atoms with Gasteiger partial charge in [-0.1, -0.05) is 98.6 Å². The van der Waals surface area contributed by atoms with Gasteiger partial charge in [0.2, 0.25) is 5.91 Å². The minimum Gasteiger partial charge on any atom is -0.480 e. The van der Waals surface area contributed by atoms with E-state index in [0.29, 0.717) is 19.4 Å². The summed E-state index contributed by atoms with van der Waals surface area (Å²) in [5, 5.41) is 14.9. The smallest absolute Gasteiger partial charge is 0.407 e. The van der Waals surface area contributed by atoms with Gasteiger partial charge < -0.3 is 20.5 Å². The summed E-state index contributed by atoms with van der Waals surface area (Å²) in [6, 6.07) is 23.9. The minimum atomic E-state index is -1.10. The van der Waals surface area contributed by atoms with Crippen molar-refractivity contribution in [2.24, 2.45) is 0 Å². The van der Waals surface area contributed by atoms with Gasteiger partial charge in [0, 0.05) is 19.0 Å². The number of carboxylic acids is 1. The average Bonchev–Trinajstić information content (AvgIpc) is 3.27. The quantitative estimate of drug-likeness (QED) is 0.286. The van der Waals surface area contributed by atoms with Crippen molar-refractivity contribution in [2.75, 3.05) is 20.2 Å². The number of ether oxygens (including phenoxy) is 1. The second kappa shape index (κ2) is 13.8. The summed E-state index contributed by atoms with van der Waals surface area (Å²) < 4.78 is 5.67. The van der Waals surface area contributed by atoms with E-state index in [4.69, 9.17) is 4.74 Å². The van der Waals surface area contributed by atoms with Crippen LogP contribution in [0, 0.1) is 0 Å². The van der Waals surface area contributed by atoms with Crippen LogP contribution < -0.4 is 10.6 Å². The van der Waals surface area contributed by atoms with Gasteiger partial charge in [0.1, 0.15) is 18.7 Å². The van der Waals surface area contributed by atoms with Crippen molar-refractivity contribution in [2.45, 2.75) is 50.7 Å². The molecule has 0 heterocycles. The topological polar surface area (TPSA) is 108 Å². The lowest BCUT2D eigenvalue weighted by atomic mass is 9.98. The molecular weight excluding hydrogens is 506 g/mol. The zero-order valence-corrected chi connectivity index (χ0v) is 23.0. The Balaban J connectivity index is 1.44. The Kier molecular flexibility index (Phi) is 9.91. The van der Waals surface area contributed by atoms with E-state index >= 15 is 0 Å². The molecule has 0 radical (unpaired) electrons. The predicted octanol–water partition coefficient (Wildman–Crippen LogP) is 4.79. The van der Waals surface area contributed by atoms with Crippen LogP contribution in [-0.2, 0) is 20.9 Å². The van der Waals surface area contributed by atoms with Crippen LogP contribution in [0.3, 0.4) is 0 Å². The highest BCUT2D eigenvalue weighted by Gasteiger charge is 2.31. The highest BCUT2D eigenvalue weighted by molar-refractivity contribution is 5.89. The lowest BCUT2D eigenvalue weighted by Gasteiger charge is -2.26. The summed E-state index contributed by atoms with van der Waals surface area (Å²) in [5.41, 5.74) is 5.48. The monoisotopic (exact) mass is 543 g/mol. The number of hydrogen-bond acceptors (Lipinski definition) is 5. The molecule has 0 spiro atoms. The largest absolute Gasteiger partial charge is 0.480 e. The molecule has 210 valence electrons. The summed E-state index contributed by atoms with van der Waals surface area (Å²) in [6.07, 6.45) is 1.06. The van der Waals surface area contributed by atoms with Crippen molar-refractivity contribution >= 4 is 18.0 Å². The van der Waals surface area contributed by atoms with E-state index in [9.17, 15) is 19.5 Å². The van der Waals surface area contributed by atoms with E-state index in [1.165, 1.54) is 0 Å². The number of aliphatic carboxylic acids is 1. The van der Waals surface area contributed by atoms with Crippen LogP contribution in [0.15, 0.2) is 78.9 Å². The molecule has 0 saturated heterocycles. The van der Waals surface area contributed by atoms with E-state index in [0.717, 1.165) is 34.2 Å². The molecule has 0 aliphatic heterocycles. The van der Waals surface area contributed by atoms with Gasteiger partial charge in [-0.3, -0.25) is 9.69 Å². The molecule has 3 aromatic rings. The number of nitrogens with zero attached hydrogens (tertiary/aromatic N) is 1. The van der Waals surface area contributed by atoms with E-state index in [1.54, 1.807) is 0 Å². The van der Waals surface area contributed by atoms with Crippen LogP contribution in [0.4, 0.5) is 4.79 Å². The van der Waals surface area contributed by atoms with Gasteiger partial charge in [-0.15, -0.1) is 0 Å². The summed E-state index contributed by atoms with van der Waals surface area (Å²) in [6.45, 7) is 2.79. The number of fused-ring (bicyclic) bond motifs is 3. The first-order chi connectivity index (χ1) is 19.4. The minimum absolute atomic E-state index is 0.113. The number of carbonyl (C=O) groups is 3. The number of nitrogens with one attached hydrogen (secondary N) is 2. The molecule has 3 N–H and O–H groups in total. The second-order valence-electron chi connectivity index (χ2n) is 10.2. The summed E-state index contributed by atoms with van der Waals surface area (Å²) in [4.78, 5) is 40.0. The summed E-state index contributed by atoms with van der Waals surface area (Å²) >= 11 is 0. The standard InChI is InChI=1S/C32H37N3O5/c1-3-4-18-28(31(37)38)33-30(36)29(20-35(2)19-22-12-6-5-7-13-22)34-32(39)40-21-27-25-16-10-8-14-23(25)24-15-9-11-17-26(24)27/h5-17,27-29H,3-4,18-21H2,1-2H3,(H,33,36)(H,34,39)(H,37,38)/t28-,29?/m0/s1. The lowest BCUT2D eigenvalue weighted by Crippen LogP contribution is -2.55. The predicted molar refractivity (Wildman–Crippen MR) is 154 cm³/mol. The summed E-state index contributed by atoms with van der Waals surface area (Å²) in [7, 11) is 1.85. The fourth-order valence-electron chi connectivity index (χ4n) is 5.19. The fraction of sp³-hybridized carbons (Fsp3) is 0.344. The van der Waals surface area contributed by atoms with E-state index in [1.807, 2.05) is 85.6 Å². The highest BCUT2D eigenvalue weighted by atomic mass is 16.5. The molecule has 2 amide bonds. The SMILES string of the molecule is CCCC[C@H](NC(=O)C(CN(C)Cc1ccccc1)NC(=O)OCC1c2ccccc2-c2ccccc21)C(=O)O. The number of carbonyl (C=O) groups excluding carboxylic acids is 2. The van der Waals surface area contributed by atoms with E-state index in [2.05, 4.69) is 22.8 Å². The van der Waals surface area contributed by atoms with Gasteiger partial charge >= 0.3 is 12.1 Å². The third-order valence-electron chi connectivity index (χ3n) is 7.20. The Morgan fingerprint density at radius 1 is 0.875 bits per heavy atom. The zero-order valence-electron chi connectivity index (χ0n) is 23.0. The van der Waals surface area contributed by atoms with Crippen LogP contribution in [0.5, 0.6) is 0 Å². The number of alkyl carbamates (subject to hydrolysis) is 1. The molecule has 4 rings (SSSR count). The Hall–Kier alpha value is -4.17. The molecule has 1 aliphatic carbocycles. The van der Waals surface area contributed by atoms with Gasteiger partial charge in [0.05, 0.1) is 0 Å². The first kappa shape index (κ1) is 28.8. The lowest BCUT2D eigenvalue weighted by molar-refractivity contribution is -0.142. The van der Waals surface area contributed by atoms with Crippen LogP contribution in [-0.4, -0.2) is 60.3 Å². The third-order valence-corrected chi connectivity index (χ3v) is 7.20. The molecule has 8 nitrogen and oxygen atoms in total. The number of likely N-dealkylation sites (N-methyl/N-ethyl adjacent to an activating group) is 1. The average molecular weight is 544 g/mol. The van der Waals surface area contributed by atoms with Crippen LogP contribution in [0.1, 0.15) is 48.8 Å². The number of carboxylic acid groups (broad SMARTS) is 1. The van der Waals surface area contributed by atoms with Crippen molar-refractivity contribution in [3.8, 4) is 11.1 Å². The number of rotatable bonds is 13. The number of benzene rings is 3. The van der Waals surface area contributed by atoms with Crippen LogP contribution in [0.2, 0.25) is 0 Å². The zero-order chi connectivity index (χ0) is 28.5. The molecule has 0 fully saturated rings. The van der Waals surface area contributed by atoms with Gasteiger partial charge in [-0.25, -0.2) is 9.59 Å². The molecule has 1 aliphatic rings. The molecule has 40 heavy (non-hydrogen) atoms. The van der Waals surface area contributed by atoms with Crippen molar-refractivity contribution in [3.63, 3.8) is 0 Å². The maximum absolute atomic E-state index is 13.3. The van der Waals surface area contributed by atoms with Crippen molar-refractivity contribution in [1.82, 2.24) is 15.5 Å². The maximum atomic E-state index is 13.3.